The highest BCUT2D eigenvalue weighted by Crippen LogP contribution is 1.95. The van der Waals surface area contributed by atoms with Gasteiger partial charge in [0.25, 0.3) is 0 Å². The van der Waals surface area contributed by atoms with Crippen molar-refractivity contribution < 1.29 is 4.74 Å². The largest absolute Gasteiger partial charge is 0.372 e. The third kappa shape index (κ3) is 2.64. The lowest BCUT2D eigenvalue weighted by Gasteiger charge is -2.03. The number of ether oxygens (including phenoxy) is 1. The highest BCUT2D eigenvalue weighted by molar-refractivity contribution is 4.88. The lowest BCUT2D eigenvalue weighted by Crippen LogP contribution is -2.14. The SMILES string of the molecule is CNCCOCc1nccn1C. The number of aryl methyl sites for hydroxylation is 1. The van der Waals surface area contributed by atoms with Crippen LogP contribution in [0.4, 0.5) is 0 Å². The number of aromatic nitrogens is 2. The second-order valence-corrected chi connectivity index (χ2v) is 2.61. The summed E-state index contributed by atoms with van der Waals surface area (Å²) in [5, 5.41) is 3.01. The molecule has 1 N–H and O–H groups in total. The molecular weight excluding hydrogens is 154 g/mol. The molecule has 0 saturated carbocycles. The third-order valence-corrected chi connectivity index (χ3v) is 1.65. The molecular formula is C8H15N3O. The van der Waals surface area contributed by atoms with Gasteiger partial charge < -0.3 is 14.6 Å². The molecule has 0 spiro atoms. The minimum absolute atomic E-state index is 0.588. The summed E-state index contributed by atoms with van der Waals surface area (Å²) in [6.45, 7) is 2.19. The predicted octanol–water partition coefficient (Wildman–Crippen LogP) is 0.156. The third-order valence-electron chi connectivity index (χ3n) is 1.65. The number of nitrogens with one attached hydrogen (secondary N) is 1. The van der Waals surface area contributed by atoms with E-state index in [0.717, 1.165) is 19.0 Å². The van der Waals surface area contributed by atoms with Gasteiger partial charge in [0.15, 0.2) is 0 Å². The van der Waals surface area contributed by atoms with Gasteiger partial charge in [-0.25, -0.2) is 4.98 Å². The van der Waals surface area contributed by atoms with Gasteiger partial charge in [0.05, 0.1) is 6.61 Å². The van der Waals surface area contributed by atoms with Crippen molar-refractivity contribution in [3.05, 3.63) is 18.2 Å². The zero-order valence-corrected chi connectivity index (χ0v) is 7.58. The number of nitrogens with zero attached hydrogens (tertiary/aromatic N) is 2. The maximum atomic E-state index is 5.35. The fraction of sp³-hybridized carbons (Fsp3) is 0.625. The molecule has 0 aliphatic rings. The fourth-order valence-electron chi connectivity index (χ4n) is 0.873. The van der Waals surface area contributed by atoms with Gasteiger partial charge in [-0.15, -0.1) is 0 Å². The quantitative estimate of drug-likeness (QED) is 0.638. The average Bonchev–Trinajstić information content (AvgIpc) is 2.46. The molecule has 0 aliphatic carbocycles. The van der Waals surface area contributed by atoms with Crippen LogP contribution in [0.15, 0.2) is 12.4 Å². The van der Waals surface area contributed by atoms with E-state index in [1.807, 2.05) is 24.9 Å². The average molecular weight is 169 g/mol. The highest BCUT2D eigenvalue weighted by atomic mass is 16.5. The molecule has 0 saturated heterocycles. The first-order valence-electron chi connectivity index (χ1n) is 4.03. The van der Waals surface area contributed by atoms with Crippen molar-refractivity contribution in [1.29, 1.82) is 0 Å². The normalized spacial score (nSPS) is 10.5. The number of rotatable bonds is 5. The van der Waals surface area contributed by atoms with Crippen LogP contribution in [0.2, 0.25) is 0 Å². The molecule has 4 nitrogen and oxygen atoms in total. The summed E-state index contributed by atoms with van der Waals surface area (Å²) in [5.41, 5.74) is 0. The summed E-state index contributed by atoms with van der Waals surface area (Å²) in [5.74, 6) is 0.964. The molecule has 0 radical (unpaired) electrons. The minimum atomic E-state index is 0.588. The van der Waals surface area contributed by atoms with E-state index in [1.165, 1.54) is 0 Å². The van der Waals surface area contributed by atoms with Crippen molar-refractivity contribution >= 4 is 0 Å². The van der Waals surface area contributed by atoms with Crippen molar-refractivity contribution in [3.8, 4) is 0 Å². The molecule has 1 heterocycles. The standard InChI is InChI=1S/C8H15N3O/c1-9-4-6-12-7-8-10-3-5-11(8)2/h3,5,9H,4,6-7H2,1-2H3. The predicted molar refractivity (Wildman–Crippen MR) is 46.8 cm³/mol. The Morgan fingerprint density at radius 1 is 1.67 bits per heavy atom. The number of likely N-dealkylation sites (N-methyl/N-ethyl adjacent to an activating group) is 1. The monoisotopic (exact) mass is 169 g/mol. The van der Waals surface area contributed by atoms with Gasteiger partial charge in [0.2, 0.25) is 0 Å². The maximum Gasteiger partial charge on any atom is 0.134 e. The molecule has 1 aromatic rings. The summed E-state index contributed by atoms with van der Waals surface area (Å²) < 4.78 is 7.31. The van der Waals surface area contributed by atoms with Crippen LogP contribution in [0, 0.1) is 0 Å². The van der Waals surface area contributed by atoms with Crippen LogP contribution in [0.3, 0.4) is 0 Å². The lowest BCUT2D eigenvalue weighted by molar-refractivity contribution is 0.117. The van der Waals surface area contributed by atoms with E-state index in [9.17, 15) is 0 Å². The zero-order chi connectivity index (χ0) is 8.81. The van der Waals surface area contributed by atoms with Gasteiger partial charge in [-0.3, -0.25) is 0 Å². The Hall–Kier alpha value is -0.870. The Kier molecular flexibility index (Phi) is 3.76. The second-order valence-electron chi connectivity index (χ2n) is 2.61. The van der Waals surface area contributed by atoms with Crippen molar-refractivity contribution in [3.63, 3.8) is 0 Å². The molecule has 4 heteroatoms. The summed E-state index contributed by atoms with van der Waals surface area (Å²) in [4.78, 5) is 4.13. The van der Waals surface area contributed by atoms with Gasteiger partial charge >= 0.3 is 0 Å². The smallest absolute Gasteiger partial charge is 0.134 e. The minimum Gasteiger partial charge on any atom is -0.372 e. The molecule has 12 heavy (non-hydrogen) atoms. The number of hydrogen-bond donors (Lipinski definition) is 1. The van der Waals surface area contributed by atoms with Gasteiger partial charge in [-0.2, -0.15) is 0 Å². The molecule has 0 aromatic carbocycles. The first-order chi connectivity index (χ1) is 5.84. The number of hydrogen-bond acceptors (Lipinski definition) is 3. The van der Waals surface area contributed by atoms with Crippen molar-refractivity contribution in [1.82, 2.24) is 14.9 Å². The van der Waals surface area contributed by atoms with E-state index in [0.29, 0.717) is 6.61 Å². The Morgan fingerprint density at radius 2 is 2.50 bits per heavy atom. The van der Waals surface area contributed by atoms with Gasteiger partial charge in [-0.05, 0) is 7.05 Å². The molecule has 0 fully saturated rings. The molecule has 0 unspecified atom stereocenters. The first-order valence-corrected chi connectivity index (χ1v) is 4.03. The van der Waals surface area contributed by atoms with Gasteiger partial charge in [0.1, 0.15) is 12.4 Å². The molecule has 68 valence electrons. The molecule has 1 aromatic heterocycles. The van der Waals surface area contributed by atoms with Crippen LogP contribution in [0.25, 0.3) is 0 Å². The molecule has 0 amide bonds. The molecule has 0 bridgehead atoms. The molecule has 0 aliphatic heterocycles. The van der Waals surface area contributed by atoms with E-state index in [1.54, 1.807) is 6.20 Å². The second kappa shape index (κ2) is 4.90. The Labute approximate surface area is 72.6 Å². The summed E-state index contributed by atoms with van der Waals surface area (Å²) >= 11 is 0. The highest BCUT2D eigenvalue weighted by Gasteiger charge is 1.97. The van der Waals surface area contributed by atoms with E-state index < -0.39 is 0 Å². The van der Waals surface area contributed by atoms with Crippen molar-refractivity contribution in [2.45, 2.75) is 6.61 Å². The summed E-state index contributed by atoms with van der Waals surface area (Å²) in [6.07, 6.45) is 3.69. The topological polar surface area (TPSA) is 39.1 Å². The Bertz CT molecular complexity index is 222. The van der Waals surface area contributed by atoms with Crippen LogP contribution in [-0.4, -0.2) is 29.8 Å². The van der Waals surface area contributed by atoms with Crippen LogP contribution >= 0.6 is 0 Å². The van der Waals surface area contributed by atoms with Crippen LogP contribution < -0.4 is 5.32 Å². The van der Waals surface area contributed by atoms with Gasteiger partial charge in [-0.1, -0.05) is 0 Å². The van der Waals surface area contributed by atoms with E-state index in [-0.39, 0.29) is 0 Å². The molecule has 0 atom stereocenters. The maximum absolute atomic E-state index is 5.35. The zero-order valence-electron chi connectivity index (χ0n) is 7.58. The van der Waals surface area contributed by atoms with Crippen molar-refractivity contribution in [2.24, 2.45) is 7.05 Å². The summed E-state index contributed by atoms with van der Waals surface area (Å²) in [6, 6.07) is 0. The van der Waals surface area contributed by atoms with E-state index in [2.05, 4.69) is 10.3 Å². The Balaban J connectivity index is 2.20. The summed E-state index contributed by atoms with van der Waals surface area (Å²) in [7, 11) is 3.87. The van der Waals surface area contributed by atoms with Crippen LogP contribution in [-0.2, 0) is 18.4 Å². The van der Waals surface area contributed by atoms with Gasteiger partial charge in [0, 0.05) is 26.0 Å². The van der Waals surface area contributed by atoms with Crippen LogP contribution in [0.1, 0.15) is 5.82 Å². The van der Waals surface area contributed by atoms with Crippen molar-refractivity contribution in [2.75, 3.05) is 20.2 Å². The fourth-order valence-corrected chi connectivity index (χ4v) is 0.873. The van der Waals surface area contributed by atoms with E-state index >= 15 is 0 Å². The number of imidazole rings is 1. The molecule has 1 rings (SSSR count). The van der Waals surface area contributed by atoms with E-state index in [4.69, 9.17) is 4.74 Å². The first kappa shape index (κ1) is 9.22. The van der Waals surface area contributed by atoms with Crippen LogP contribution in [0.5, 0.6) is 0 Å². The lowest BCUT2D eigenvalue weighted by atomic mass is 10.6. The Morgan fingerprint density at radius 3 is 3.08 bits per heavy atom.